The van der Waals surface area contributed by atoms with Gasteiger partial charge in [0.1, 0.15) is 0 Å². The highest BCUT2D eigenvalue weighted by atomic mass is 16.5. The van der Waals surface area contributed by atoms with Crippen LogP contribution in [0.3, 0.4) is 0 Å². The number of rotatable bonds is 9. The third-order valence-corrected chi connectivity index (χ3v) is 3.98. The number of carbonyl (C=O) groups is 2. The second-order valence-electron chi connectivity index (χ2n) is 5.79. The average Bonchev–Trinajstić information content (AvgIpc) is 2.77. The molecule has 0 saturated heterocycles. The van der Waals surface area contributed by atoms with E-state index in [1.807, 2.05) is 0 Å². The molecule has 2 rings (SSSR count). The minimum Gasteiger partial charge on any atom is -0.504 e. The molecule has 0 unspecified atom stereocenters. The van der Waals surface area contributed by atoms with Crippen LogP contribution in [0, 0.1) is 0 Å². The van der Waals surface area contributed by atoms with E-state index >= 15 is 0 Å². The normalized spacial score (nSPS) is 10.4. The van der Waals surface area contributed by atoms with Crippen LogP contribution < -0.4 is 29.7 Å². The van der Waals surface area contributed by atoms with E-state index in [9.17, 15) is 14.7 Å². The molecule has 0 atom stereocenters. The van der Waals surface area contributed by atoms with Gasteiger partial charge in [-0.15, -0.1) is 0 Å². The third-order valence-electron chi connectivity index (χ3n) is 3.98. The second-order valence-corrected chi connectivity index (χ2v) is 5.79. The molecule has 0 heterocycles. The standard InChI is InChI=1S/C20H23N3O7/c1-27-14-7-5-6-12(18(14)25)10-22-23-17(24)11-21-20(26)13-8-15(28-2)19(30-4)16(9-13)29-3/h5-10,25H,11H2,1-4H3,(H,21,26)(H,23,24)/b22-10+. The number of nitrogens with one attached hydrogen (secondary N) is 2. The number of para-hydroxylation sites is 1. The molecule has 0 aliphatic carbocycles. The van der Waals surface area contributed by atoms with E-state index in [4.69, 9.17) is 18.9 Å². The predicted octanol–water partition coefficient (Wildman–Crippen LogP) is 1.31. The molecule has 0 fully saturated rings. The number of benzene rings is 2. The number of methoxy groups -OCH3 is 4. The molecule has 3 N–H and O–H groups in total. The molecule has 160 valence electrons. The summed E-state index contributed by atoms with van der Waals surface area (Å²) in [7, 11) is 5.75. The highest BCUT2D eigenvalue weighted by Gasteiger charge is 2.17. The number of hydrogen-bond acceptors (Lipinski definition) is 8. The number of phenols is 1. The van der Waals surface area contributed by atoms with Crippen molar-refractivity contribution < 1.29 is 33.6 Å². The molecule has 2 amide bonds. The summed E-state index contributed by atoms with van der Waals surface area (Å²) >= 11 is 0. The lowest BCUT2D eigenvalue weighted by molar-refractivity contribution is -0.120. The first-order chi connectivity index (χ1) is 14.4. The maximum absolute atomic E-state index is 12.4. The highest BCUT2D eigenvalue weighted by Crippen LogP contribution is 2.38. The fourth-order valence-corrected chi connectivity index (χ4v) is 2.50. The van der Waals surface area contributed by atoms with Gasteiger partial charge in [0.05, 0.1) is 41.2 Å². The zero-order valence-corrected chi connectivity index (χ0v) is 17.0. The summed E-state index contributed by atoms with van der Waals surface area (Å²) in [6, 6.07) is 7.79. The van der Waals surface area contributed by atoms with Gasteiger partial charge >= 0.3 is 0 Å². The molecule has 2 aromatic rings. The fourth-order valence-electron chi connectivity index (χ4n) is 2.50. The van der Waals surface area contributed by atoms with Crippen LogP contribution in [0.5, 0.6) is 28.7 Å². The van der Waals surface area contributed by atoms with Gasteiger partial charge in [-0.05, 0) is 24.3 Å². The second kappa shape index (κ2) is 10.6. The van der Waals surface area contributed by atoms with Crippen LogP contribution in [0.4, 0.5) is 0 Å². The Bertz CT molecular complexity index is 919. The molecule has 0 aliphatic rings. The van der Waals surface area contributed by atoms with E-state index in [1.54, 1.807) is 18.2 Å². The zero-order valence-electron chi connectivity index (χ0n) is 17.0. The van der Waals surface area contributed by atoms with Gasteiger partial charge in [0.2, 0.25) is 5.75 Å². The lowest BCUT2D eigenvalue weighted by Gasteiger charge is -2.14. The van der Waals surface area contributed by atoms with Crippen LogP contribution in [0.25, 0.3) is 0 Å². The summed E-state index contributed by atoms with van der Waals surface area (Å²) < 4.78 is 20.6. The van der Waals surface area contributed by atoms with Crippen LogP contribution >= 0.6 is 0 Å². The van der Waals surface area contributed by atoms with Gasteiger partial charge in [-0.3, -0.25) is 9.59 Å². The Morgan fingerprint density at radius 3 is 2.20 bits per heavy atom. The number of carbonyl (C=O) groups excluding carboxylic acids is 2. The number of phenolic OH excluding ortho intramolecular Hbond substituents is 1. The Kier molecular flexibility index (Phi) is 7.86. The van der Waals surface area contributed by atoms with Crippen molar-refractivity contribution in [2.75, 3.05) is 35.0 Å². The first-order valence-corrected chi connectivity index (χ1v) is 8.71. The van der Waals surface area contributed by atoms with Crippen molar-refractivity contribution in [2.24, 2.45) is 5.10 Å². The molecule has 0 radical (unpaired) electrons. The Balaban J connectivity index is 1.97. The summed E-state index contributed by atoms with van der Waals surface area (Å²) in [6.07, 6.45) is 1.26. The van der Waals surface area contributed by atoms with E-state index in [2.05, 4.69) is 15.8 Å². The molecule has 10 heteroatoms. The third kappa shape index (κ3) is 5.31. The summed E-state index contributed by atoms with van der Waals surface area (Å²) in [6.45, 7) is -0.322. The minimum atomic E-state index is -0.561. The van der Waals surface area contributed by atoms with Crippen molar-refractivity contribution >= 4 is 18.0 Å². The number of hydrazone groups is 1. The van der Waals surface area contributed by atoms with Gasteiger partial charge in [-0.1, -0.05) is 6.07 Å². The van der Waals surface area contributed by atoms with Crippen LogP contribution in [-0.2, 0) is 4.79 Å². The lowest BCUT2D eigenvalue weighted by atomic mass is 10.1. The van der Waals surface area contributed by atoms with Crippen molar-refractivity contribution in [1.29, 1.82) is 0 Å². The van der Waals surface area contributed by atoms with Crippen LogP contribution in [0.1, 0.15) is 15.9 Å². The molecule has 0 spiro atoms. The number of ether oxygens (including phenoxy) is 4. The van der Waals surface area contributed by atoms with Crippen molar-refractivity contribution in [2.45, 2.75) is 0 Å². The van der Waals surface area contributed by atoms with E-state index < -0.39 is 11.8 Å². The molecule has 0 saturated carbocycles. The maximum atomic E-state index is 12.4. The number of amides is 2. The molecule has 30 heavy (non-hydrogen) atoms. The molecule has 0 aromatic heterocycles. The summed E-state index contributed by atoms with van der Waals surface area (Å²) in [4.78, 5) is 24.3. The highest BCUT2D eigenvalue weighted by molar-refractivity contribution is 5.97. The average molecular weight is 417 g/mol. The zero-order chi connectivity index (χ0) is 22.1. The number of hydrogen-bond donors (Lipinski definition) is 3. The van der Waals surface area contributed by atoms with Crippen LogP contribution in [0.2, 0.25) is 0 Å². The van der Waals surface area contributed by atoms with E-state index in [-0.39, 0.29) is 23.6 Å². The Hall–Kier alpha value is -3.95. The van der Waals surface area contributed by atoms with Crippen molar-refractivity contribution in [1.82, 2.24) is 10.7 Å². The van der Waals surface area contributed by atoms with Gasteiger partial charge in [0.25, 0.3) is 11.8 Å². The van der Waals surface area contributed by atoms with Crippen LogP contribution in [-0.4, -0.2) is 58.1 Å². The van der Waals surface area contributed by atoms with Crippen molar-refractivity contribution in [3.8, 4) is 28.7 Å². The summed E-state index contributed by atoms with van der Waals surface area (Å²) in [5.41, 5.74) is 2.84. The van der Waals surface area contributed by atoms with E-state index in [1.165, 1.54) is 46.8 Å². The molecular formula is C20H23N3O7. The van der Waals surface area contributed by atoms with Crippen molar-refractivity contribution in [3.05, 3.63) is 41.5 Å². The van der Waals surface area contributed by atoms with E-state index in [0.29, 0.717) is 22.8 Å². The Morgan fingerprint density at radius 1 is 1.00 bits per heavy atom. The smallest absolute Gasteiger partial charge is 0.259 e. The minimum absolute atomic E-state index is 0.103. The quantitative estimate of drug-likeness (QED) is 0.415. The monoisotopic (exact) mass is 417 g/mol. The fraction of sp³-hybridized carbons (Fsp3) is 0.250. The van der Waals surface area contributed by atoms with Gasteiger partial charge in [-0.2, -0.15) is 5.10 Å². The maximum Gasteiger partial charge on any atom is 0.259 e. The number of nitrogens with zero attached hydrogens (tertiary/aromatic N) is 1. The first-order valence-electron chi connectivity index (χ1n) is 8.71. The van der Waals surface area contributed by atoms with Crippen LogP contribution in [0.15, 0.2) is 35.4 Å². The first kappa shape index (κ1) is 22.3. The Morgan fingerprint density at radius 2 is 1.63 bits per heavy atom. The topological polar surface area (TPSA) is 128 Å². The van der Waals surface area contributed by atoms with Crippen molar-refractivity contribution in [3.63, 3.8) is 0 Å². The van der Waals surface area contributed by atoms with Gasteiger partial charge in [0, 0.05) is 11.1 Å². The molecule has 10 nitrogen and oxygen atoms in total. The largest absolute Gasteiger partial charge is 0.504 e. The van der Waals surface area contributed by atoms with E-state index in [0.717, 1.165) is 0 Å². The molecular weight excluding hydrogens is 394 g/mol. The van der Waals surface area contributed by atoms with Gasteiger partial charge < -0.3 is 29.4 Å². The molecule has 0 aliphatic heterocycles. The molecule has 2 aromatic carbocycles. The lowest BCUT2D eigenvalue weighted by Crippen LogP contribution is -2.34. The number of aromatic hydroxyl groups is 1. The predicted molar refractivity (Wildman–Crippen MR) is 109 cm³/mol. The SMILES string of the molecule is COc1cccc(/C=N/NC(=O)CNC(=O)c2cc(OC)c(OC)c(OC)c2)c1O. The Labute approximate surface area is 173 Å². The van der Waals surface area contributed by atoms with Gasteiger partial charge in [0.15, 0.2) is 23.0 Å². The summed E-state index contributed by atoms with van der Waals surface area (Å²) in [5, 5.41) is 16.2. The molecule has 0 bridgehead atoms. The van der Waals surface area contributed by atoms with Gasteiger partial charge in [-0.25, -0.2) is 5.43 Å². The summed E-state index contributed by atoms with van der Waals surface area (Å²) in [5.74, 6) is 0.0811.